The largest absolute Gasteiger partial charge is 0.508 e. The summed E-state index contributed by atoms with van der Waals surface area (Å²) in [5.41, 5.74) is 3.33. The Labute approximate surface area is 170 Å². The average molecular weight is 383 g/mol. The summed E-state index contributed by atoms with van der Waals surface area (Å²) in [5, 5.41) is 21.7. The van der Waals surface area contributed by atoms with Gasteiger partial charge in [0.1, 0.15) is 11.5 Å². The van der Waals surface area contributed by atoms with E-state index in [1.165, 1.54) is 38.5 Å². The van der Waals surface area contributed by atoms with Crippen LogP contribution in [0.3, 0.4) is 0 Å². The van der Waals surface area contributed by atoms with E-state index in [0.29, 0.717) is 34.2 Å². The van der Waals surface area contributed by atoms with E-state index in [1.807, 2.05) is 0 Å². The van der Waals surface area contributed by atoms with Crippen molar-refractivity contribution < 1.29 is 10.2 Å². The monoisotopic (exact) mass is 382 g/mol. The third-order valence-electron chi connectivity index (χ3n) is 11.5. The molecule has 6 atom stereocenters. The summed E-state index contributed by atoms with van der Waals surface area (Å²) in [6.45, 7) is 14.6. The van der Waals surface area contributed by atoms with Crippen LogP contribution in [0.15, 0.2) is 12.1 Å². The summed E-state index contributed by atoms with van der Waals surface area (Å²) >= 11 is 0. The molecule has 0 aliphatic heterocycles. The van der Waals surface area contributed by atoms with Gasteiger partial charge in [-0.2, -0.15) is 0 Å². The maximum absolute atomic E-state index is 10.9. The van der Waals surface area contributed by atoms with E-state index in [9.17, 15) is 10.2 Å². The Morgan fingerprint density at radius 1 is 0.679 bits per heavy atom. The third kappa shape index (κ3) is 1.96. The van der Waals surface area contributed by atoms with Gasteiger partial charge in [0.15, 0.2) is 0 Å². The van der Waals surface area contributed by atoms with Gasteiger partial charge in [-0.1, -0.05) is 41.5 Å². The molecule has 0 amide bonds. The standard InChI is InChI=1S/C26H38O2/c1-23(2)15-7-9-25(23,5)19(11-15)17-13-18(22(28)14-21(17)27)20-12-16-8-10-26(20,6)24(16,3)4/h13-16,19-20,27-28H,7-12H2,1-6H3/t15-,16+,19+,20-,25+,26-. The van der Waals surface area contributed by atoms with E-state index < -0.39 is 0 Å². The minimum atomic E-state index is 0.237. The van der Waals surface area contributed by atoms with Crippen LogP contribution in [0.5, 0.6) is 11.5 Å². The molecular weight excluding hydrogens is 344 g/mol. The lowest BCUT2D eigenvalue weighted by Gasteiger charge is -2.41. The highest BCUT2D eigenvalue weighted by Gasteiger charge is 2.63. The lowest BCUT2D eigenvalue weighted by Crippen LogP contribution is -2.32. The molecular formula is C26H38O2. The molecule has 1 aromatic rings. The van der Waals surface area contributed by atoms with E-state index in [2.05, 4.69) is 47.6 Å². The second-order valence-electron chi connectivity index (χ2n) is 12.3. The molecule has 5 rings (SSSR count). The third-order valence-corrected chi connectivity index (χ3v) is 11.5. The van der Waals surface area contributed by atoms with Crippen molar-refractivity contribution in [3.63, 3.8) is 0 Å². The van der Waals surface area contributed by atoms with Crippen molar-refractivity contribution in [2.45, 2.75) is 91.9 Å². The Morgan fingerprint density at radius 2 is 1.07 bits per heavy atom. The Balaban J connectivity index is 1.59. The second kappa shape index (κ2) is 5.29. The molecule has 4 bridgehead atoms. The zero-order valence-corrected chi connectivity index (χ0v) is 18.6. The van der Waals surface area contributed by atoms with Crippen LogP contribution in [0.1, 0.15) is 103 Å². The first-order valence-electron chi connectivity index (χ1n) is 11.5. The fraction of sp³-hybridized carbons (Fsp3) is 0.769. The van der Waals surface area contributed by atoms with Gasteiger partial charge in [-0.05, 0) is 101 Å². The van der Waals surface area contributed by atoms with Gasteiger partial charge >= 0.3 is 0 Å². The summed E-state index contributed by atoms with van der Waals surface area (Å²) in [4.78, 5) is 0. The SMILES string of the molecule is CC1(C)[C@@H]2CC[C@@]1(C)[C@H](c1cc([C@H]3C[C@@H]4CC[C@@]3(C)C4(C)C)c(O)cc1O)C2. The molecule has 0 spiro atoms. The Hall–Kier alpha value is -1.18. The molecule has 0 unspecified atom stereocenters. The lowest BCUT2D eigenvalue weighted by atomic mass is 9.63. The molecule has 2 N–H and O–H groups in total. The highest BCUT2D eigenvalue weighted by molar-refractivity contribution is 5.51. The Bertz CT molecular complexity index is 772. The van der Waals surface area contributed by atoms with E-state index in [4.69, 9.17) is 0 Å². The van der Waals surface area contributed by atoms with Crippen molar-refractivity contribution >= 4 is 0 Å². The molecule has 154 valence electrons. The fourth-order valence-electron chi connectivity index (χ4n) is 8.52. The molecule has 2 heteroatoms. The molecule has 2 nitrogen and oxygen atoms in total. The number of fused-ring (bicyclic) bond motifs is 4. The Kier molecular flexibility index (Phi) is 3.56. The maximum Gasteiger partial charge on any atom is 0.122 e. The zero-order valence-electron chi connectivity index (χ0n) is 18.6. The topological polar surface area (TPSA) is 40.5 Å². The van der Waals surface area contributed by atoms with E-state index in [-0.39, 0.29) is 10.8 Å². The number of phenolic OH excluding ortho intramolecular Hbond substituents is 2. The summed E-state index contributed by atoms with van der Waals surface area (Å²) in [6.07, 6.45) is 7.50. The van der Waals surface area contributed by atoms with Crippen molar-refractivity contribution in [2.24, 2.45) is 33.5 Å². The predicted molar refractivity (Wildman–Crippen MR) is 114 cm³/mol. The first-order valence-corrected chi connectivity index (χ1v) is 11.5. The smallest absolute Gasteiger partial charge is 0.122 e. The van der Waals surface area contributed by atoms with E-state index >= 15 is 0 Å². The number of hydrogen-bond acceptors (Lipinski definition) is 2. The van der Waals surface area contributed by atoms with Gasteiger partial charge in [-0.3, -0.25) is 0 Å². The van der Waals surface area contributed by atoms with Crippen molar-refractivity contribution in [2.75, 3.05) is 0 Å². The van der Waals surface area contributed by atoms with Crippen LogP contribution in [0, 0.1) is 33.5 Å². The maximum atomic E-state index is 10.9. The minimum absolute atomic E-state index is 0.237. The van der Waals surface area contributed by atoms with Crippen LogP contribution in [0.25, 0.3) is 0 Å². The van der Waals surface area contributed by atoms with Crippen LogP contribution in [0.4, 0.5) is 0 Å². The zero-order chi connectivity index (χ0) is 20.3. The summed E-state index contributed by atoms with van der Waals surface area (Å²) in [5.74, 6) is 2.92. The van der Waals surface area contributed by atoms with Gasteiger partial charge < -0.3 is 10.2 Å². The van der Waals surface area contributed by atoms with Crippen LogP contribution >= 0.6 is 0 Å². The number of benzene rings is 1. The molecule has 0 aromatic heterocycles. The van der Waals surface area contributed by atoms with Crippen molar-refractivity contribution in [1.82, 2.24) is 0 Å². The fourth-order valence-corrected chi connectivity index (χ4v) is 8.52. The number of hydrogen-bond donors (Lipinski definition) is 2. The molecule has 28 heavy (non-hydrogen) atoms. The normalized spacial score (nSPS) is 45.1. The summed E-state index contributed by atoms with van der Waals surface area (Å²) in [6, 6.07) is 3.89. The van der Waals surface area contributed by atoms with Crippen molar-refractivity contribution in [3.05, 3.63) is 23.3 Å². The van der Waals surface area contributed by atoms with Gasteiger partial charge in [0.05, 0.1) is 0 Å². The quantitative estimate of drug-likeness (QED) is 0.580. The Morgan fingerprint density at radius 3 is 1.36 bits per heavy atom. The van der Waals surface area contributed by atoms with Gasteiger partial charge in [0.25, 0.3) is 0 Å². The molecule has 0 saturated heterocycles. The van der Waals surface area contributed by atoms with Gasteiger partial charge in [0, 0.05) is 6.07 Å². The van der Waals surface area contributed by atoms with Gasteiger partial charge in [-0.15, -0.1) is 0 Å². The molecule has 4 aliphatic carbocycles. The minimum Gasteiger partial charge on any atom is -0.508 e. The second-order valence-corrected chi connectivity index (χ2v) is 12.3. The summed E-state index contributed by atoms with van der Waals surface area (Å²) in [7, 11) is 0. The molecule has 4 aliphatic rings. The van der Waals surface area contributed by atoms with Gasteiger partial charge in [-0.25, -0.2) is 0 Å². The van der Waals surface area contributed by atoms with E-state index in [0.717, 1.165) is 23.0 Å². The molecule has 4 fully saturated rings. The molecule has 0 radical (unpaired) electrons. The highest BCUT2D eigenvalue weighted by Crippen LogP contribution is 2.73. The first-order chi connectivity index (χ1) is 12.9. The number of phenols is 2. The summed E-state index contributed by atoms with van der Waals surface area (Å²) < 4.78 is 0. The average Bonchev–Trinajstić information content (AvgIpc) is 3.13. The van der Waals surface area contributed by atoms with E-state index in [1.54, 1.807) is 6.07 Å². The lowest BCUT2D eigenvalue weighted by molar-refractivity contribution is 0.131. The predicted octanol–water partition coefficient (Wildman–Crippen LogP) is 6.96. The molecule has 4 saturated carbocycles. The van der Waals surface area contributed by atoms with Gasteiger partial charge in [0.2, 0.25) is 0 Å². The number of rotatable bonds is 2. The van der Waals surface area contributed by atoms with Crippen LogP contribution in [-0.2, 0) is 0 Å². The van der Waals surface area contributed by atoms with Crippen LogP contribution < -0.4 is 0 Å². The highest BCUT2D eigenvalue weighted by atomic mass is 16.3. The molecule has 0 heterocycles. The number of aromatic hydroxyl groups is 2. The van der Waals surface area contributed by atoms with Crippen molar-refractivity contribution in [1.29, 1.82) is 0 Å². The first kappa shape index (κ1) is 18.8. The van der Waals surface area contributed by atoms with Crippen LogP contribution in [-0.4, -0.2) is 10.2 Å². The van der Waals surface area contributed by atoms with Crippen molar-refractivity contribution in [3.8, 4) is 11.5 Å². The van der Waals surface area contributed by atoms with Crippen LogP contribution in [0.2, 0.25) is 0 Å². The molecule has 1 aromatic carbocycles.